The summed E-state index contributed by atoms with van der Waals surface area (Å²) in [6.07, 6.45) is 3.44. The first-order valence-corrected chi connectivity index (χ1v) is 19.8. The van der Waals surface area contributed by atoms with E-state index in [4.69, 9.17) is 24.6 Å². The molecule has 1 saturated heterocycles. The van der Waals surface area contributed by atoms with Crippen LogP contribution in [0.1, 0.15) is 95.7 Å². The second-order valence-corrected chi connectivity index (χ2v) is 24.6. The third kappa shape index (κ3) is 6.16. The lowest BCUT2D eigenvalue weighted by Gasteiger charge is -2.45. The summed E-state index contributed by atoms with van der Waals surface area (Å²) in [6.45, 7) is 28.4. The van der Waals surface area contributed by atoms with Crippen molar-refractivity contribution in [1.82, 2.24) is 14.5 Å². The van der Waals surface area contributed by atoms with E-state index < -0.39 is 16.6 Å². The van der Waals surface area contributed by atoms with Crippen LogP contribution in [0.2, 0.25) is 33.2 Å². The minimum atomic E-state index is -2.19. The van der Waals surface area contributed by atoms with Gasteiger partial charge in [0.15, 0.2) is 13.8 Å². The Bertz CT molecular complexity index is 1170. The number of nitrogen functional groups attached to an aromatic ring is 1. The van der Waals surface area contributed by atoms with Crippen LogP contribution in [-0.4, -0.2) is 57.4 Å². The molecule has 41 heavy (non-hydrogen) atoms. The van der Waals surface area contributed by atoms with Crippen LogP contribution in [0.25, 0.3) is 11.2 Å². The van der Waals surface area contributed by atoms with Crippen molar-refractivity contribution in [3.63, 3.8) is 0 Å². The number of ether oxygens (including phenoxy) is 1. The van der Waals surface area contributed by atoms with E-state index in [0.717, 1.165) is 0 Å². The Labute approximate surface area is 250 Å². The number of hydrogen-bond acceptors (Lipinski definition) is 7. The maximum atomic E-state index is 9.15. The van der Waals surface area contributed by atoms with Crippen LogP contribution in [0, 0.1) is 11.2 Å². The zero-order valence-corrected chi connectivity index (χ0v) is 29.5. The van der Waals surface area contributed by atoms with E-state index in [-0.39, 0.29) is 25.9 Å². The highest BCUT2D eigenvalue weighted by molar-refractivity contribution is 6.78. The number of nitrogens with two attached hydrogens (primary N) is 1. The Balaban J connectivity index is 2.03. The Morgan fingerprint density at radius 1 is 0.976 bits per heavy atom. The number of aromatic nitrogens is 4. The van der Waals surface area contributed by atoms with Gasteiger partial charge in [0.25, 0.3) is 0 Å². The van der Waals surface area contributed by atoms with Crippen LogP contribution in [-0.2, 0) is 13.6 Å². The van der Waals surface area contributed by atoms with Gasteiger partial charge < -0.3 is 19.3 Å². The molecular formula is C29H54BN6O3Si2+. The molecule has 3 rings (SSSR count). The summed E-state index contributed by atoms with van der Waals surface area (Å²) in [4.78, 5) is 9.20. The number of nitrogens with zero attached hydrogens (tertiary/aromatic N) is 5. The Morgan fingerprint density at radius 2 is 1.51 bits per heavy atom. The lowest BCUT2D eigenvalue weighted by Crippen LogP contribution is -2.53. The highest BCUT2D eigenvalue weighted by Crippen LogP contribution is 2.47. The van der Waals surface area contributed by atoms with Crippen molar-refractivity contribution < 1.29 is 18.1 Å². The number of anilines is 1. The topological polar surface area (TPSA) is 112 Å². The highest BCUT2D eigenvalue weighted by Gasteiger charge is 2.52. The first-order chi connectivity index (χ1) is 19.1. The molecule has 9 nitrogen and oxygen atoms in total. The molecule has 3 heterocycles. The van der Waals surface area contributed by atoms with Gasteiger partial charge in [-0.05, 0) is 33.2 Å². The molecule has 0 aromatic carbocycles. The van der Waals surface area contributed by atoms with Crippen LogP contribution < -0.4 is 10.2 Å². The Kier molecular flexibility index (Phi) is 10.9. The molecule has 2 aromatic rings. The maximum absolute atomic E-state index is 9.15. The molecule has 1 aliphatic rings. The SMILES string of the molecule is CC(C)[Si](OC[C@H]1O[C@@H](n2cnc3c(N)[n+](BC#N)cnc32)C[C@@H]1O[Si](C(C)C)(C(C)C)C(C)C)(C(C)C)C(C)C. The largest absolute Gasteiger partial charge is 0.441 e. The van der Waals surface area contributed by atoms with Crippen molar-refractivity contribution in [1.29, 1.82) is 5.26 Å². The van der Waals surface area contributed by atoms with Gasteiger partial charge in [-0.3, -0.25) is 9.05 Å². The molecule has 0 bridgehead atoms. The fourth-order valence-corrected chi connectivity index (χ4v) is 19.0. The first-order valence-electron chi connectivity index (χ1n) is 15.5. The van der Waals surface area contributed by atoms with Gasteiger partial charge in [0, 0.05) is 6.42 Å². The summed E-state index contributed by atoms with van der Waals surface area (Å²) >= 11 is 0. The van der Waals surface area contributed by atoms with Gasteiger partial charge in [-0.25, -0.2) is 10.2 Å². The molecule has 0 aliphatic carbocycles. The molecule has 0 spiro atoms. The van der Waals surface area contributed by atoms with Gasteiger partial charge in [-0.2, -0.15) is 0 Å². The molecule has 0 unspecified atom stereocenters. The van der Waals surface area contributed by atoms with E-state index in [9.17, 15) is 0 Å². The fourth-order valence-electron chi connectivity index (χ4n) is 7.94. The highest BCUT2D eigenvalue weighted by atomic mass is 28.4. The van der Waals surface area contributed by atoms with Crippen LogP contribution in [0.15, 0.2) is 12.7 Å². The zero-order valence-electron chi connectivity index (χ0n) is 27.5. The molecule has 1 fully saturated rings. The standard InChI is InChI=1S/C29H53BN6O3Si2/c1-18(2)40(19(3)4,20(5)6)37-14-25-24(39-41(21(7)8,22(9)10)23(11)12)13-26(38-25)35-16-33-27-28(32)36(30-15-31)17-34-29(27)35/h16-26,30,32H,13-14H2,1-12H3/p+1/t24-,25+,26+/m0/s1. The summed E-state index contributed by atoms with van der Waals surface area (Å²) in [7, 11) is -4.17. The van der Waals surface area contributed by atoms with Crippen LogP contribution in [0.3, 0.4) is 0 Å². The summed E-state index contributed by atoms with van der Waals surface area (Å²) in [5.41, 5.74) is 10.4. The minimum absolute atomic E-state index is 0.0981. The van der Waals surface area contributed by atoms with E-state index in [1.807, 2.05) is 4.57 Å². The maximum Gasteiger partial charge on any atom is 0.441 e. The number of fused-ring (bicyclic) bond motifs is 1. The Hall–Kier alpha value is -1.78. The number of imidazole rings is 1. The molecular weight excluding hydrogens is 547 g/mol. The molecule has 3 atom stereocenters. The quantitative estimate of drug-likeness (QED) is 0.279. The Morgan fingerprint density at radius 3 is 2.00 bits per heavy atom. The van der Waals surface area contributed by atoms with E-state index in [1.54, 1.807) is 17.1 Å². The van der Waals surface area contributed by atoms with Crippen molar-refractivity contribution >= 4 is 41.0 Å². The van der Waals surface area contributed by atoms with Gasteiger partial charge in [0.1, 0.15) is 18.7 Å². The second-order valence-electron chi connectivity index (χ2n) is 13.7. The van der Waals surface area contributed by atoms with Gasteiger partial charge >= 0.3 is 7.41 Å². The van der Waals surface area contributed by atoms with Crippen molar-refractivity contribution in [3.05, 3.63) is 12.7 Å². The smallest absolute Gasteiger partial charge is 0.413 e. The third-order valence-corrected chi connectivity index (χ3v) is 21.8. The summed E-state index contributed by atoms with van der Waals surface area (Å²) < 4.78 is 24.9. The number of rotatable bonds is 13. The average molecular weight is 602 g/mol. The predicted molar refractivity (Wildman–Crippen MR) is 172 cm³/mol. The molecule has 2 aromatic heterocycles. The third-order valence-electron chi connectivity index (χ3n) is 9.64. The lowest BCUT2D eigenvalue weighted by molar-refractivity contribution is -0.513. The number of nitriles is 1. The molecule has 1 aliphatic heterocycles. The van der Waals surface area contributed by atoms with E-state index in [2.05, 4.69) is 99.0 Å². The molecule has 0 amide bonds. The average Bonchev–Trinajstić information content (AvgIpc) is 3.47. The molecule has 12 heteroatoms. The molecule has 228 valence electrons. The monoisotopic (exact) mass is 601 g/mol. The van der Waals surface area contributed by atoms with E-state index >= 15 is 0 Å². The van der Waals surface area contributed by atoms with Crippen molar-refractivity contribution in [2.24, 2.45) is 0 Å². The second kappa shape index (κ2) is 13.2. The number of hydrogen-bond donors (Lipinski definition) is 1. The minimum Gasteiger partial charge on any atom is -0.413 e. The van der Waals surface area contributed by atoms with Gasteiger partial charge in [-0.1, -0.05) is 88.1 Å². The summed E-state index contributed by atoms with van der Waals surface area (Å²) in [6, 6.07) is 0. The van der Waals surface area contributed by atoms with E-state index in [1.165, 1.54) is 0 Å². The van der Waals surface area contributed by atoms with Crippen molar-refractivity contribution in [2.45, 2.75) is 141 Å². The van der Waals surface area contributed by atoms with Crippen LogP contribution in [0.4, 0.5) is 5.82 Å². The molecule has 2 N–H and O–H groups in total. The summed E-state index contributed by atoms with van der Waals surface area (Å²) in [5.74, 6) is 2.55. The molecule has 0 radical (unpaired) electrons. The van der Waals surface area contributed by atoms with Crippen molar-refractivity contribution in [3.8, 4) is 5.97 Å². The summed E-state index contributed by atoms with van der Waals surface area (Å²) in [5, 5.41) is 9.15. The fraction of sp³-hybridized carbons (Fsp3) is 0.793. The lowest BCUT2D eigenvalue weighted by atomic mass is 9.98. The normalized spacial score (nSPS) is 20.5. The van der Waals surface area contributed by atoms with Gasteiger partial charge in [0.2, 0.25) is 26.1 Å². The van der Waals surface area contributed by atoms with Crippen LogP contribution >= 0.6 is 0 Å². The van der Waals surface area contributed by atoms with Gasteiger partial charge in [0.05, 0.1) is 18.7 Å². The zero-order chi connectivity index (χ0) is 30.9. The predicted octanol–water partition coefficient (Wildman–Crippen LogP) is 6.02. The van der Waals surface area contributed by atoms with E-state index in [0.29, 0.717) is 63.3 Å². The van der Waals surface area contributed by atoms with Crippen molar-refractivity contribution in [2.75, 3.05) is 12.3 Å². The molecule has 0 saturated carbocycles. The first kappa shape index (κ1) is 33.7. The van der Waals surface area contributed by atoms with Crippen LogP contribution in [0.5, 0.6) is 0 Å². The van der Waals surface area contributed by atoms with Gasteiger partial charge in [-0.15, -0.1) is 0 Å².